The van der Waals surface area contributed by atoms with Crippen molar-refractivity contribution in [2.45, 2.75) is 44.8 Å². The molecule has 1 aliphatic carbocycles. The van der Waals surface area contributed by atoms with Gasteiger partial charge in [-0.15, -0.1) is 0 Å². The quantitative estimate of drug-likeness (QED) is 0.844. The molecule has 0 spiro atoms. The van der Waals surface area contributed by atoms with Crippen LogP contribution in [0.4, 0.5) is 0 Å². The van der Waals surface area contributed by atoms with Gasteiger partial charge in [-0.05, 0) is 19.4 Å². The average Bonchev–Trinajstić information content (AvgIpc) is 2.20. The van der Waals surface area contributed by atoms with Crippen LogP contribution < -0.4 is 0 Å². The molecule has 16 heavy (non-hydrogen) atoms. The molecule has 0 aliphatic heterocycles. The Kier molecular flexibility index (Phi) is 3.31. The van der Waals surface area contributed by atoms with Crippen LogP contribution in [0.15, 0.2) is 24.3 Å². The monoisotopic (exact) mass is 220 g/mol. The summed E-state index contributed by atoms with van der Waals surface area (Å²) in [6.45, 7) is 4.82. The fraction of sp³-hybridized carbons (Fsp3) is 0.571. The first-order chi connectivity index (χ1) is 7.61. The minimum absolute atomic E-state index is 0.264. The van der Waals surface area contributed by atoms with Gasteiger partial charge in [-0.1, -0.05) is 29.8 Å². The van der Waals surface area contributed by atoms with Gasteiger partial charge in [0.1, 0.15) is 0 Å². The number of hydrogen-bond acceptors (Lipinski definition) is 2. The van der Waals surface area contributed by atoms with Crippen LogP contribution in [0.2, 0.25) is 0 Å². The van der Waals surface area contributed by atoms with E-state index in [1.165, 1.54) is 11.1 Å². The van der Waals surface area contributed by atoms with Gasteiger partial charge in [-0.25, -0.2) is 0 Å². The zero-order valence-electron chi connectivity index (χ0n) is 10.1. The van der Waals surface area contributed by atoms with Crippen LogP contribution in [0.5, 0.6) is 0 Å². The van der Waals surface area contributed by atoms with Gasteiger partial charge >= 0.3 is 0 Å². The van der Waals surface area contributed by atoms with Crippen LogP contribution in [0.3, 0.4) is 0 Å². The smallest absolute Gasteiger partial charge is 0.0737 e. The molecule has 1 aromatic carbocycles. The van der Waals surface area contributed by atoms with E-state index >= 15 is 0 Å². The normalized spacial score (nSPS) is 28.8. The van der Waals surface area contributed by atoms with Crippen molar-refractivity contribution in [1.82, 2.24) is 0 Å². The maximum Gasteiger partial charge on any atom is 0.0737 e. The van der Waals surface area contributed by atoms with Crippen LogP contribution in [-0.2, 0) is 11.2 Å². The molecule has 2 nitrogen and oxygen atoms in total. The zero-order valence-corrected chi connectivity index (χ0v) is 10.1. The number of benzene rings is 1. The number of rotatable bonds is 4. The van der Waals surface area contributed by atoms with Gasteiger partial charge in [-0.2, -0.15) is 0 Å². The topological polar surface area (TPSA) is 29.5 Å². The molecule has 2 heteroatoms. The van der Waals surface area contributed by atoms with Crippen molar-refractivity contribution in [3.63, 3.8) is 0 Å². The largest absolute Gasteiger partial charge is 0.389 e. The van der Waals surface area contributed by atoms with Crippen LogP contribution in [0, 0.1) is 6.92 Å². The summed E-state index contributed by atoms with van der Waals surface area (Å²) in [6.07, 6.45) is 2.56. The predicted molar refractivity (Wildman–Crippen MR) is 64.5 cm³/mol. The molecule has 1 aliphatic rings. The summed E-state index contributed by atoms with van der Waals surface area (Å²) < 4.78 is 5.47. The molecule has 0 atom stereocenters. The molecule has 0 aromatic heterocycles. The van der Waals surface area contributed by atoms with Gasteiger partial charge in [0, 0.05) is 25.9 Å². The molecule has 0 heterocycles. The lowest BCUT2D eigenvalue weighted by atomic mass is 9.73. The minimum Gasteiger partial charge on any atom is -0.389 e. The molecule has 0 bridgehead atoms. The second kappa shape index (κ2) is 4.56. The molecule has 1 aromatic rings. The highest BCUT2D eigenvalue weighted by Gasteiger charge is 2.42. The Labute approximate surface area is 97.3 Å². The third-order valence-corrected chi connectivity index (χ3v) is 3.27. The lowest BCUT2D eigenvalue weighted by Gasteiger charge is -2.43. The summed E-state index contributed by atoms with van der Waals surface area (Å²) in [5.74, 6) is 0. The van der Waals surface area contributed by atoms with Crippen molar-refractivity contribution < 1.29 is 9.84 Å². The van der Waals surface area contributed by atoms with Gasteiger partial charge < -0.3 is 9.84 Å². The summed E-state index contributed by atoms with van der Waals surface area (Å²) in [4.78, 5) is 0. The fourth-order valence-corrected chi connectivity index (χ4v) is 2.37. The van der Waals surface area contributed by atoms with Gasteiger partial charge in [0.25, 0.3) is 0 Å². The van der Waals surface area contributed by atoms with Crippen LogP contribution in [-0.4, -0.2) is 23.4 Å². The Hall–Kier alpha value is -0.860. The van der Waals surface area contributed by atoms with Crippen molar-refractivity contribution in [3.05, 3.63) is 35.4 Å². The minimum atomic E-state index is -0.533. The maximum absolute atomic E-state index is 10.2. The van der Waals surface area contributed by atoms with E-state index in [4.69, 9.17) is 4.74 Å². The van der Waals surface area contributed by atoms with Crippen molar-refractivity contribution in [3.8, 4) is 0 Å². The molecule has 0 radical (unpaired) electrons. The Balaban J connectivity index is 1.89. The van der Waals surface area contributed by atoms with Crippen molar-refractivity contribution >= 4 is 0 Å². The second-order valence-electron chi connectivity index (χ2n) is 4.87. The van der Waals surface area contributed by atoms with Crippen LogP contribution in [0.25, 0.3) is 0 Å². The number of ether oxygens (including phenoxy) is 1. The molecule has 88 valence electrons. The molecular weight excluding hydrogens is 200 g/mol. The maximum atomic E-state index is 10.2. The van der Waals surface area contributed by atoms with Gasteiger partial charge in [0.2, 0.25) is 0 Å². The van der Waals surface area contributed by atoms with E-state index in [0.29, 0.717) is 0 Å². The summed E-state index contributed by atoms with van der Waals surface area (Å²) in [5, 5.41) is 10.2. The van der Waals surface area contributed by atoms with E-state index in [1.54, 1.807) is 0 Å². The molecule has 2 rings (SSSR count). The first-order valence-electron chi connectivity index (χ1n) is 6.01. The number of hydrogen-bond donors (Lipinski definition) is 1. The van der Waals surface area contributed by atoms with E-state index in [9.17, 15) is 5.11 Å². The molecule has 1 saturated carbocycles. The van der Waals surface area contributed by atoms with Crippen LogP contribution in [0.1, 0.15) is 30.9 Å². The number of aliphatic hydroxyl groups is 1. The fourth-order valence-electron chi connectivity index (χ4n) is 2.37. The second-order valence-corrected chi connectivity index (χ2v) is 4.87. The lowest BCUT2D eigenvalue weighted by Crippen LogP contribution is -2.49. The Morgan fingerprint density at radius 3 is 2.50 bits per heavy atom. The highest BCUT2D eigenvalue weighted by Crippen LogP contribution is 2.37. The Bertz CT molecular complexity index is 336. The SMILES string of the molecule is CCOC1CC(O)(Cc2ccc(C)cc2)C1. The Morgan fingerprint density at radius 1 is 1.31 bits per heavy atom. The van der Waals surface area contributed by atoms with Gasteiger partial charge in [0.15, 0.2) is 0 Å². The van der Waals surface area contributed by atoms with Crippen molar-refractivity contribution in [2.24, 2.45) is 0 Å². The lowest BCUT2D eigenvalue weighted by molar-refractivity contribution is -0.136. The summed E-state index contributed by atoms with van der Waals surface area (Å²) in [7, 11) is 0. The molecule has 1 N–H and O–H groups in total. The molecule has 0 amide bonds. The molecule has 0 unspecified atom stereocenters. The van der Waals surface area contributed by atoms with Gasteiger partial charge in [0.05, 0.1) is 11.7 Å². The first kappa shape index (κ1) is 11.6. The van der Waals surface area contributed by atoms with Crippen molar-refractivity contribution in [2.75, 3.05) is 6.61 Å². The summed E-state index contributed by atoms with van der Waals surface area (Å²) >= 11 is 0. The number of aryl methyl sites for hydroxylation is 1. The van der Waals surface area contributed by atoms with Crippen LogP contribution >= 0.6 is 0 Å². The standard InChI is InChI=1S/C14H20O2/c1-3-16-13-9-14(15,10-13)8-12-6-4-11(2)5-7-12/h4-7,13,15H,3,8-10H2,1-2H3. The highest BCUT2D eigenvalue weighted by atomic mass is 16.5. The highest BCUT2D eigenvalue weighted by molar-refractivity contribution is 5.23. The van der Waals surface area contributed by atoms with Gasteiger partial charge in [-0.3, -0.25) is 0 Å². The predicted octanol–water partition coefficient (Wildman–Crippen LogP) is 2.47. The third-order valence-electron chi connectivity index (χ3n) is 3.27. The van der Waals surface area contributed by atoms with E-state index < -0.39 is 5.60 Å². The Morgan fingerprint density at radius 2 is 1.94 bits per heavy atom. The summed E-state index contributed by atoms with van der Waals surface area (Å²) in [6, 6.07) is 8.39. The first-order valence-corrected chi connectivity index (χ1v) is 6.01. The molecule has 1 fully saturated rings. The third kappa shape index (κ3) is 2.63. The van der Waals surface area contributed by atoms with E-state index in [-0.39, 0.29) is 6.10 Å². The molecular formula is C14H20O2. The van der Waals surface area contributed by atoms with Crippen molar-refractivity contribution in [1.29, 1.82) is 0 Å². The molecule has 0 saturated heterocycles. The average molecular weight is 220 g/mol. The van der Waals surface area contributed by atoms with E-state index in [2.05, 4.69) is 31.2 Å². The van der Waals surface area contributed by atoms with E-state index in [1.807, 2.05) is 6.92 Å². The van der Waals surface area contributed by atoms with E-state index in [0.717, 1.165) is 25.9 Å². The summed E-state index contributed by atoms with van der Waals surface area (Å²) in [5.41, 5.74) is 1.94. The zero-order chi connectivity index (χ0) is 11.6.